The Morgan fingerprint density at radius 2 is 2.00 bits per heavy atom. The van der Waals surface area contributed by atoms with Crippen molar-refractivity contribution in [3.63, 3.8) is 0 Å². The molecule has 0 aliphatic heterocycles. The van der Waals surface area contributed by atoms with Crippen LogP contribution in [-0.2, 0) is 16.0 Å². The third-order valence-corrected chi connectivity index (χ3v) is 4.89. The van der Waals surface area contributed by atoms with Crippen LogP contribution < -0.4 is 0 Å². The molecule has 1 aromatic carbocycles. The van der Waals surface area contributed by atoms with E-state index in [0.717, 1.165) is 21.0 Å². The molecule has 0 fully saturated rings. The summed E-state index contributed by atoms with van der Waals surface area (Å²) < 4.78 is 5.28. The second kappa shape index (κ2) is 6.65. The van der Waals surface area contributed by atoms with Gasteiger partial charge in [0.2, 0.25) is 0 Å². The number of rotatable bonds is 6. The Hall–Kier alpha value is -1.98. The monoisotopic (exact) mass is 315 g/mol. The number of ether oxygens (including phenoxy) is 1. The number of aromatic nitrogens is 1. The summed E-state index contributed by atoms with van der Waals surface area (Å²) >= 11 is 3.26. The molecule has 1 atom stereocenters. The van der Waals surface area contributed by atoms with E-state index < -0.39 is 0 Å². The van der Waals surface area contributed by atoms with E-state index in [9.17, 15) is 4.79 Å². The lowest BCUT2D eigenvalue weighted by molar-refractivity contribution is -0.133. The molecule has 0 N–H and O–H groups in total. The summed E-state index contributed by atoms with van der Waals surface area (Å²) in [6.45, 7) is 0.517. The van der Waals surface area contributed by atoms with Crippen LogP contribution in [0.2, 0.25) is 0 Å². The topological polar surface area (TPSA) is 39.2 Å². The summed E-state index contributed by atoms with van der Waals surface area (Å²) in [7, 11) is 0. The maximum Gasteiger partial charge on any atom is 0.293 e. The standard InChI is InChI=1S/C16H13NO2S2/c18-11-19-13(12-5-2-1-3-6-12)9-15-16(17-10-21-15)14-7-4-8-20-14/h1-8,10-11,13H,9H2. The first kappa shape index (κ1) is 14.0. The molecule has 3 rings (SSSR count). The van der Waals surface area contributed by atoms with Crippen molar-refractivity contribution in [2.24, 2.45) is 0 Å². The van der Waals surface area contributed by atoms with Crippen LogP contribution in [0, 0.1) is 0 Å². The number of carbonyl (C=O) groups excluding carboxylic acids is 1. The van der Waals surface area contributed by atoms with Crippen LogP contribution in [0.15, 0.2) is 53.4 Å². The van der Waals surface area contributed by atoms with Crippen LogP contribution in [0.5, 0.6) is 0 Å². The van der Waals surface area contributed by atoms with Crippen molar-refractivity contribution in [2.75, 3.05) is 0 Å². The van der Waals surface area contributed by atoms with Crippen molar-refractivity contribution in [1.82, 2.24) is 4.98 Å². The summed E-state index contributed by atoms with van der Waals surface area (Å²) in [5.41, 5.74) is 3.83. The molecule has 0 amide bonds. The molecule has 3 aromatic rings. The lowest BCUT2D eigenvalue weighted by atomic mass is 10.0. The molecule has 0 aliphatic carbocycles. The van der Waals surface area contributed by atoms with Gasteiger partial charge in [0.1, 0.15) is 6.10 Å². The van der Waals surface area contributed by atoms with E-state index >= 15 is 0 Å². The van der Waals surface area contributed by atoms with Gasteiger partial charge >= 0.3 is 0 Å². The molecule has 0 bridgehead atoms. The largest absolute Gasteiger partial charge is 0.459 e. The summed E-state index contributed by atoms with van der Waals surface area (Å²) in [6.07, 6.45) is 0.364. The van der Waals surface area contributed by atoms with E-state index in [4.69, 9.17) is 4.74 Å². The first-order valence-corrected chi connectivity index (χ1v) is 8.24. The van der Waals surface area contributed by atoms with Crippen LogP contribution in [0.4, 0.5) is 0 Å². The Bertz CT molecular complexity index is 692. The summed E-state index contributed by atoms with van der Waals surface area (Å²) in [6, 6.07) is 13.9. The first-order valence-electron chi connectivity index (χ1n) is 6.49. The van der Waals surface area contributed by atoms with Gasteiger partial charge in [0.25, 0.3) is 6.47 Å². The summed E-state index contributed by atoms with van der Waals surface area (Å²) in [5, 5.41) is 2.04. The number of carbonyl (C=O) groups is 1. The Morgan fingerprint density at radius 1 is 1.14 bits per heavy atom. The first-order chi connectivity index (χ1) is 10.4. The molecule has 2 heterocycles. The molecule has 106 valence electrons. The highest BCUT2D eigenvalue weighted by atomic mass is 32.1. The number of hydrogen-bond acceptors (Lipinski definition) is 5. The van der Waals surface area contributed by atoms with Crippen LogP contribution in [0.1, 0.15) is 16.5 Å². The van der Waals surface area contributed by atoms with Crippen molar-refractivity contribution in [3.05, 3.63) is 63.8 Å². The van der Waals surface area contributed by atoms with Crippen LogP contribution in [-0.4, -0.2) is 11.5 Å². The number of thiophene rings is 1. The zero-order valence-corrected chi connectivity index (χ0v) is 12.8. The SMILES string of the molecule is O=COC(Cc1scnc1-c1cccs1)c1ccccc1. The average molecular weight is 315 g/mol. The lowest BCUT2D eigenvalue weighted by Gasteiger charge is -2.15. The highest BCUT2D eigenvalue weighted by Crippen LogP contribution is 2.33. The van der Waals surface area contributed by atoms with Crippen molar-refractivity contribution < 1.29 is 9.53 Å². The van der Waals surface area contributed by atoms with E-state index in [1.54, 1.807) is 22.7 Å². The molecule has 0 aliphatic rings. The number of thiazole rings is 1. The van der Waals surface area contributed by atoms with Gasteiger partial charge < -0.3 is 4.74 Å². The van der Waals surface area contributed by atoms with E-state index in [0.29, 0.717) is 12.9 Å². The van der Waals surface area contributed by atoms with Crippen molar-refractivity contribution in [1.29, 1.82) is 0 Å². The van der Waals surface area contributed by atoms with Gasteiger partial charge in [-0.2, -0.15) is 0 Å². The Kier molecular flexibility index (Phi) is 4.43. The van der Waals surface area contributed by atoms with Gasteiger partial charge in [0, 0.05) is 11.3 Å². The predicted molar refractivity (Wildman–Crippen MR) is 85.5 cm³/mol. The van der Waals surface area contributed by atoms with E-state index in [2.05, 4.69) is 11.1 Å². The predicted octanol–water partition coefficient (Wildman–Crippen LogP) is 4.33. The molecular formula is C16H13NO2S2. The van der Waals surface area contributed by atoms with Crippen LogP contribution >= 0.6 is 22.7 Å². The molecule has 21 heavy (non-hydrogen) atoms. The maximum atomic E-state index is 10.8. The maximum absolute atomic E-state index is 10.8. The minimum absolute atomic E-state index is 0.275. The fourth-order valence-electron chi connectivity index (χ4n) is 2.18. The van der Waals surface area contributed by atoms with Crippen molar-refractivity contribution in [2.45, 2.75) is 12.5 Å². The van der Waals surface area contributed by atoms with Gasteiger partial charge in [0.15, 0.2) is 0 Å². The van der Waals surface area contributed by atoms with Gasteiger partial charge in [-0.1, -0.05) is 36.4 Å². The van der Waals surface area contributed by atoms with E-state index in [1.807, 2.05) is 47.3 Å². The second-order valence-electron chi connectivity index (χ2n) is 4.44. The Morgan fingerprint density at radius 3 is 2.71 bits per heavy atom. The van der Waals surface area contributed by atoms with Crippen molar-refractivity contribution >= 4 is 29.1 Å². The Labute approximate surface area is 130 Å². The summed E-state index contributed by atoms with van der Waals surface area (Å²) in [5.74, 6) is 0. The zero-order chi connectivity index (χ0) is 14.5. The van der Waals surface area contributed by atoms with Crippen LogP contribution in [0.25, 0.3) is 10.6 Å². The average Bonchev–Trinajstić information content (AvgIpc) is 3.18. The molecule has 5 heteroatoms. The second-order valence-corrected chi connectivity index (χ2v) is 6.32. The fraction of sp³-hybridized carbons (Fsp3) is 0.125. The molecule has 1 unspecified atom stereocenters. The zero-order valence-electron chi connectivity index (χ0n) is 11.1. The fourth-order valence-corrected chi connectivity index (χ4v) is 3.80. The van der Waals surface area contributed by atoms with Crippen LogP contribution in [0.3, 0.4) is 0 Å². The van der Waals surface area contributed by atoms with E-state index in [1.165, 1.54) is 0 Å². The van der Waals surface area contributed by atoms with Gasteiger partial charge in [-0.05, 0) is 17.0 Å². The molecule has 0 saturated carbocycles. The summed E-state index contributed by atoms with van der Waals surface area (Å²) in [4.78, 5) is 17.5. The van der Waals surface area contributed by atoms with Gasteiger partial charge in [-0.25, -0.2) is 4.98 Å². The minimum atomic E-state index is -0.275. The highest BCUT2D eigenvalue weighted by Gasteiger charge is 2.18. The minimum Gasteiger partial charge on any atom is -0.459 e. The lowest BCUT2D eigenvalue weighted by Crippen LogP contribution is -2.06. The van der Waals surface area contributed by atoms with Gasteiger partial charge in [-0.3, -0.25) is 4.79 Å². The molecule has 0 spiro atoms. The number of hydrogen-bond donors (Lipinski definition) is 0. The van der Waals surface area contributed by atoms with E-state index in [-0.39, 0.29) is 6.10 Å². The molecular weight excluding hydrogens is 302 g/mol. The van der Waals surface area contributed by atoms with Crippen molar-refractivity contribution in [3.8, 4) is 10.6 Å². The third kappa shape index (κ3) is 3.20. The van der Waals surface area contributed by atoms with Gasteiger partial charge in [-0.15, -0.1) is 22.7 Å². The normalized spacial score (nSPS) is 12.0. The molecule has 0 saturated heterocycles. The number of benzene rings is 1. The molecule has 2 aromatic heterocycles. The highest BCUT2D eigenvalue weighted by molar-refractivity contribution is 7.14. The molecule has 0 radical (unpaired) electrons. The quantitative estimate of drug-likeness (QED) is 0.636. The smallest absolute Gasteiger partial charge is 0.293 e. The Balaban J connectivity index is 1.87. The number of nitrogens with zero attached hydrogens (tertiary/aromatic N) is 1. The molecule has 3 nitrogen and oxygen atoms in total. The van der Waals surface area contributed by atoms with Gasteiger partial charge in [0.05, 0.1) is 16.1 Å². The third-order valence-electron chi connectivity index (χ3n) is 3.16.